The van der Waals surface area contributed by atoms with Crippen LogP contribution >= 0.6 is 0 Å². The van der Waals surface area contributed by atoms with Crippen LogP contribution in [-0.4, -0.2) is 71.9 Å². The van der Waals surface area contributed by atoms with Crippen LogP contribution in [0.4, 0.5) is 4.79 Å². The molecular formula is C21H30N4O3. The van der Waals surface area contributed by atoms with E-state index < -0.39 is 0 Å². The first kappa shape index (κ1) is 19.1. The van der Waals surface area contributed by atoms with E-state index in [0.29, 0.717) is 13.1 Å². The Labute approximate surface area is 165 Å². The van der Waals surface area contributed by atoms with E-state index in [2.05, 4.69) is 41.0 Å². The Morgan fingerprint density at radius 1 is 1.32 bits per heavy atom. The van der Waals surface area contributed by atoms with Gasteiger partial charge < -0.3 is 24.6 Å². The Kier molecular flexibility index (Phi) is 4.55. The summed E-state index contributed by atoms with van der Waals surface area (Å²) in [5.74, 6) is 0.819. The van der Waals surface area contributed by atoms with Crippen LogP contribution in [0.2, 0.25) is 0 Å². The molecule has 7 heteroatoms. The number of hydrogen-bond acceptors (Lipinski definition) is 4. The summed E-state index contributed by atoms with van der Waals surface area (Å²) < 4.78 is 7.61. The molecule has 1 saturated heterocycles. The number of amides is 2. The highest BCUT2D eigenvalue weighted by Crippen LogP contribution is 2.49. The minimum absolute atomic E-state index is 0.00369. The first-order valence-corrected chi connectivity index (χ1v) is 9.84. The van der Waals surface area contributed by atoms with Crippen LogP contribution < -0.4 is 10.1 Å². The van der Waals surface area contributed by atoms with Gasteiger partial charge in [-0.3, -0.25) is 4.90 Å². The second-order valence-electron chi connectivity index (χ2n) is 8.56. The van der Waals surface area contributed by atoms with E-state index in [9.17, 15) is 9.90 Å². The Bertz CT molecular complexity index is 914. The number of aryl methyl sites for hydroxylation is 1. The molecule has 2 N–H and O–H groups in total. The Hall–Kier alpha value is -2.25. The van der Waals surface area contributed by atoms with Gasteiger partial charge in [0.05, 0.1) is 25.3 Å². The highest BCUT2D eigenvalue weighted by atomic mass is 16.5. The Morgan fingerprint density at radius 3 is 2.64 bits per heavy atom. The predicted molar refractivity (Wildman–Crippen MR) is 109 cm³/mol. The molecule has 3 heterocycles. The Morgan fingerprint density at radius 2 is 2.04 bits per heavy atom. The van der Waals surface area contributed by atoms with Gasteiger partial charge in [0.1, 0.15) is 5.75 Å². The zero-order valence-corrected chi connectivity index (χ0v) is 17.3. The van der Waals surface area contributed by atoms with E-state index in [1.54, 1.807) is 7.11 Å². The molecule has 1 aromatic heterocycles. The molecule has 1 atom stereocenters. The fourth-order valence-electron chi connectivity index (χ4n) is 5.04. The van der Waals surface area contributed by atoms with Gasteiger partial charge in [0, 0.05) is 55.3 Å². The molecule has 0 aliphatic carbocycles. The van der Waals surface area contributed by atoms with Gasteiger partial charge >= 0.3 is 6.03 Å². The second kappa shape index (κ2) is 6.67. The van der Waals surface area contributed by atoms with Gasteiger partial charge in [-0.2, -0.15) is 0 Å². The number of nitrogens with zero attached hydrogens (tertiary/aromatic N) is 3. The average molecular weight is 386 g/mol. The monoisotopic (exact) mass is 386 g/mol. The molecule has 28 heavy (non-hydrogen) atoms. The maximum absolute atomic E-state index is 12.5. The van der Waals surface area contributed by atoms with Gasteiger partial charge in [-0.25, -0.2) is 4.79 Å². The van der Waals surface area contributed by atoms with E-state index in [0.717, 1.165) is 23.5 Å². The van der Waals surface area contributed by atoms with E-state index in [1.165, 1.54) is 10.9 Å². The van der Waals surface area contributed by atoms with E-state index in [4.69, 9.17) is 4.74 Å². The molecule has 2 aliphatic heterocycles. The lowest BCUT2D eigenvalue weighted by Gasteiger charge is -2.55. The molecular weight excluding hydrogens is 356 g/mol. The number of hydrogen-bond donors (Lipinski definition) is 2. The van der Waals surface area contributed by atoms with E-state index in [-0.39, 0.29) is 30.1 Å². The number of likely N-dealkylation sites (tertiary alicyclic amines) is 1. The van der Waals surface area contributed by atoms with Crippen LogP contribution in [0.5, 0.6) is 5.75 Å². The number of benzene rings is 1. The van der Waals surface area contributed by atoms with Crippen molar-refractivity contribution in [3.63, 3.8) is 0 Å². The lowest BCUT2D eigenvalue weighted by atomic mass is 9.69. The minimum Gasteiger partial charge on any atom is -0.497 e. The number of methoxy groups -OCH3 is 1. The number of aromatic nitrogens is 1. The van der Waals surface area contributed by atoms with Crippen LogP contribution in [0.25, 0.3) is 10.9 Å². The summed E-state index contributed by atoms with van der Waals surface area (Å²) in [5, 5.41) is 14.3. The number of carbonyl (C=O) groups is 1. The third-order valence-corrected chi connectivity index (χ3v) is 6.24. The molecule has 2 aromatic rings. The Balaban J connectivity index is 1.81. The molecule has 2 amide bonds. The SMILES string of the molecule is COc1ccc2c3c(n(C)c2c1)[C@@H](CO)N(C)CC31CN(C(=O)NC(C)C)C1. The number of rotatable bonds is 3. The minimum atomic E-state index is -0.113. The third kappa shape index (κ3) is 2.68. The summed E-state index contributed by atoms with van der Waals surface area (Å²) in [6.45, 7) is 6.21. The van der Waals surface area contributed by atoms with Gasteiger partial charge in [-0.05, 0) is 38.6 Å². The largest absolute Gasteiger partial charge is 0.497 e. The van der Waals surface area contributed by atoms with Gasteiger partial charge in [-0.1, -0.05) is 0 Å². The summed E-state index contributed by atoms with van der Waals surface area (Å²) in [5.41, 5.74) is 3.41. The number of fused-ring (bicyclic) bond motifs is 4. The van der Waals surface area contributed by atoms with Gasteiger partial charge in [-0.15, -0.1) is 0 Å². The smallest absolute Gasteiger partial charge is 0.317 e. The van der Waals surface area contributed by atoms with E-state index in [1.807, 2.05) is 24.8 Å². The number of nitrogens with one attached hydrogen (secondary N) is 1. The number of likely N-dealkylation sites (N-methyl/N-ethyl adjacent to an activating group) is 1. The van der Waals surface area contributed by atoms with Crippen LogP contribution in [0.3, 0.4) is 0 Å². The molecule has 1 fully saturated rings. The summed E-state index contributed by atoms with van der Waals surface area (Å²) in [6, 6.07) is 6.23. The number of ether oxygens (including phenoxy) is 1. The highest BCUT2D eigenvalue weighted by molar-refractivity contribution is 5.89. The van der Waals surface area contributed by atoms with Crippen LogP contribution in [0.15, 0.2) is 18.2 Å². The molecule has 2 aliphatic rings. The van der Waals surface area contributed by atoms with Gasteiger partial charge in [0.25, 0.3) is 0 Å². The molecule has 0 saturated carbocycles. The lowest BCUT2D eigenvalue weighted by Crippen LogP contribution is -2.68. The number of carbonyl (C=O) groups excluding carboxylic acids is 1. The summed E-state index contributed by atoms with van der Waals surface area (Å²) in [6.07, 6.45) is 0. The van der Waals surface area contributed by atoms with Crippen LogP contribution in [-0.2, 0) is 12.5 Å². The molecule has 0 radical (unpaired) electrons. The molecule has 152 valence electrons. The van der Waals surface area contributed by atoms with Crippen molar-refractivity contribution in [2.45, 2.75) is 31.3 Å². The molecule has 4 rings (SSSR count). The van der Waals surface area contributed by atoms with E-state index >= 15 is 0 Å². The fourth-order valence-corrected chi connectivity index (χ4v) is 5.04. The highest BCUT2D eigenvalue weighted by Gasteiger charge is 2.53. The standard InChI is InChI=1S/C21H30N4O3/c1-13(2)22-20(27)25-11-21(12-25)10-23(3)17(9-26)19-18(21)15-7-6-14(28-5)8-16(15)24(19)4/h6-8,13,17,26H,9-12H2,1-5H3,(H,22,27)/t17-/m1/s1. The van der Waals surface area contributed by atoms with Crippen molar-refractivity contribution in [2.75, 3.05) is 40.4 Å². The average Bonchev–Trinajstić information content (AvgIpc) is 2.91. The summed E-state index contributed by atoms with van der Waals surface area (Å²) >= 11 is 0. The lowest BCUT2D eigenvalue weighted by molar-refractivity contribution is 0.0247. The second-order valence-corrected chi connectivity index (χ2v) is 8.56. The van der Waals surface area contributed by atoms with Crippen molar-refractivity contribution < 1.29 is 14.6 Å². The van der Waals surface area contributed by atoms with Crippen molar-refractivity contribution in [1.29, 1.82) is 0 Å². The topological polar surface area (TPSA) is 70.0 Å². The van der Waals surface area contributed by atoms with Gasteiger partial charge in [0.2, 0.25) is 0 Å². The van der Waals surface area contributed by atoms with Crippen molar-refractivity contribution >= 4 is 16.9 Å². The molecule has 0 bridgehead atoms. The third-order valence-electron chi connectivity index (χ3n) is 6.24. The quantitative estimate of drug-likeness (QED) is 0.845. The predicted octanol–water partition coefficient (Wildman–Crippen LogP) is 1.84. The van der Waals surface area contributed by atoms with Crippen LogP contribution in [0, 0.1) is 0 Å². The summed E-state index contributed by atoms with van der Waals surface area (Å²) in [7, 11) is 5.78. The maximum atomic E-state index is 12.5. The number of aliphatic hydroxyl groups is 1. The summed E-state index contributed by atoms with van der Waals surface area (Å²) in [4.78, 5) is 16.6. The number of aliphatic hydroxyl groups excluding tert-OH is 1. The fraction of sp³-hybridized carbons (Fsp3) is 0.571. The first-order valence-electron chi connectivity index (χ1n) is 9.84. The van der Waals surface area contributed by atoms with Crippen molar-refractivity contribution in [3.05, 3.63) is 29.5 Å². The molecule has 1 spiro atoms. The molecule has 7 nitrogen and oxygen atoms in total. The zero-order valence-electron chi connectivity index (χ0n) is 17.3. The molecule has 1 aromatic carbocycles. The first-order chi connectivity index (χ1) is 13.3. The van der Waals surface area contributed by atoms with Crippen molar-refractivity contribution in [3.8, 4) is 5.75 Å². The van der Waals surface area contributed by atoms with Crippen LogP contribution in [0.1, 0.15) is 31.1 Å². The van der Waals surface area contributed by atoms with Gasteiger partial charge in [0.15, 0.2) is 0 Å². The van der Waals surface area contributed by atoms with Crippen molar-refractivity contribution in [1.82, 2.24) is 19.7 Å². The number of urea groups is 1. The maximum Gasteiger partial charge on any atom is 0.317 e. The molecule has 0 unspecified atom stereocenters. The normalized spacial score (nSPS) is 21.1. The zero-order chi connectivity index (χ0) is 20.2. The van der Waals surface area contributed by atoms with Crippen molar-refractivity contribution in [2.24, 2.45) is 7.05 Å².